The first kappa shape index (κ1) is 13.3. The molecular formula is C11H19N5OS. The van der Waals surface area contributed by atoms with Crippen LogP contribution in [0.1, 0.15) is 13.3 Å². The van der Waals surface area contributed by atoms with E-state index in [2.05, 4.69) is 27.1 Å². The Morgan fingerprint density at radius 3 is 2.83 bits per heavy atom. The summed E-state index contributed by atoms with van der Waals surface area (Å²) in [5.74, 6) is 5.00. The van der Waals surface area contributed by atoms with Gasteiger partial charge in [-0.3, -0.25) is 15.1 Å². The number of amides is 1. The zero-order valence-electron chi connectivity index (χ0n) is 10.5. The Hall–Kier alpha value is -1.18. The molecule has 1 fully saturated rings. The van der Waals surface area contributed by atoms with E-state index in [0.29, 0.717) is 6.42 Å². The van der Waals surface area contributed by atoms with Gasteiger partial charge in [-0.2, -0.15) is 0 Å². The summed E-state index contributed by atoms with van der Waals surface area (Å²) in [4.78, 5) is 20.2. The first-order chi connectivity index (χ1) is 8.70. The molecule has 1 unspecified atom stereocenters. The molecule has 1 amide bonds. The largest absolute Gasteiger partial charge is 0.346 e. The van der Waals surface area contributed by atoms with Gasteiger partial charge in [0, 0.05) is 50.2 Å². The van der Waals surface area contributed by atoms with Crippen molar-refractivity contribution in [1.29, 1.82) is 0 Å². The van der Waals surface area contributed by atoms with Gasteiger partial charge in [0.15, 0.2) is 5.13 Å². The van der Waals surface area contributed by atoms with E-state index < -0.39 is 0 Å². The van der Waals surface area contributed by atoms with Crippen molar-refractivity contribution >= 4 is 22.4 Å². The van der Waals surface area contributed by atoms with Crippen molar-refractivity contribution < 1.29 is 4.79 Å². The molecular weight excluding hydrogens is 250 g/mol. The lowest BCUT2D eigenvalue weighted by Gasteiger charge is -2.37. The fraction of sp³-hybridized carbons (Fsp3) is 0.636. The summed E-state index contributed by atoms with van der Waals surface area (Å²) in [5.41, 5.74) is 2.18. The maximum Gasteiger partial charge on any atom is 0.235 e. The molecule has 18 heavy (non-hydrogen) atoms. The Morgan fingerprint density at radius 2 is 2.28 bits per heavy atom. The molecule has 1 aromatic rings. The van der Waals surface area contributed by atoms with Gasteiger partial charge in [0.1, 0.15) is 0 Å². The van der Waals surface area contributed by atoms with E-state index in [1.54, 1.807) is 11.3 Å². The normalized spacial score (nSPS) is 18.7. The second-order valence-corrected chi connectivity index (χ2v) is 5.33. The van der Waals surface area contributed by atoms with Gasteiger partial charge in [0.05, 0.1) is 0 Å². The van der Waals surface area contributed by atoms with Crippen molar-refractivity contribution in [2.45, 2.75) is 19.4 Å². The Labute approximate surface area is 111 Å². The smallest absolute Gasteiger partial charge is 0.235 e. The summed E-state index contributed by atoms with van der Waals surface area (Å²) < 4.78 is 0. The van der Waals surface area contributed by atoms with Gasteiger partial charge in [-0.25, -0.2) is 10.8 Å². The van der Waals surface area contributed by atoms with Crippen LogP contribution in [0.2, 0.25) is 0 Å². The maximum absolute atomic E-state index is 11.2. The number of aromatic nitrogens is 1. The number of nitrogens with two attached hydrogens (primary N) is 1. The van der Waals surface area contributed by atoms with Crippen molar-refractivity contribution in [3.63, 3.8) is 0 Å². The highest BCUT2D eigenvalue weighted by Crippen LogP contribution is 2.19. The molecule has 1 saturated heterocycles. The Kier molecular flexibility index (Phi) is 4.51. The highest BCUT2D eigenvalue weighted by Gasteiger charge is 2.23. The van der Waals surface area contributed by atoms with Crippen LogP contribution in [0.25, 0.3) is 0 Å². The number of hydrogen-bond donors (Lipinski definition) is 2. The number of nitrogens with one attached hydrogen (secondary N) is 1. The van der Waals surface area contributed by atoms with E-state index >= 15 is 0 Å². The Morgan fingerprint density at radius 1 is 1.56 bits per heavy atom. The highest BCUT2D eigenvalue weighted by atomic mass is 32.1. The van der Waals surface area contributed by atoms with Gasteiger partial charge in [-0.15, -0.1) is 11.3 Å². The fourth-order valence-corrected chi connectivity index (χ4v) is 2.88. The molecule has 0 aliphatic carbocycles. The number of nitrogens with zero attached hydrogens (tertiary/aromatic N) is 3. The number of hydrazine groups is 1. The van der Waals surface area contributed by atoms with Crippen LogP contribution in [0.3, 0.4) is 0 Å². The van der Waals surface area contributed by atoms with Crippen LogP contribution in [0, 0.1) is 0 Å². The van der Waals surface area contributed by atoms with Crippen LogP contribution in [0.4, 0.5) is 5.13 Å². The van der Waals surface area contributed by atoms with Gasteiger partial charge in [-0.1, -0.05) is 0 Å². The second kappa shape index (κ2) is 6.12. The van der Waals surface area contributed by atoms with E-state index in [9.17, 15) is 4.79 Å². The molecule has 3 N–H and O–H groups in total. The van der Waals surface area contributed by atoms with Crippen LogP contribution in [0.15, 0.2) is 11.6 Å². The number of carbonyl (C=O) groups excluding carboxylic acids is 1. The number of carbonyl (C=O) groups is 1. The maximum atomic E-state index is 11.2. The van der Waals surface area contributed by atoms with E-state index in [1.165, 1.54) is 0 Å². The molecule has 0 radical (unpaired) electrons. The Balaban J connectivity index is 1.81. The Bertz CT molecular complexity index is 375. The molecule has 1 aliphatic rings. The first-order valence-electron chi connectivity index (χ1n) is 6.08. The highest BCUT2D eigenvalue weighted by molar-refractivity contribution is 7.13. The SMILES string of the molecule is CC(CC(=O)NN)N1CCN(c2nccs2)CC1. The third-order valence-corrected chi connectivity index (χ3v) is 4.10. The van der Waals surface area contributed by atoms with Crippen molar-refractivity contribution in [2.75, 3.05) is 31.1 Å². The monoisotopic (exact) mass is 269 g/mol. The van der Waals surface area contributed by atoms with Crippen molar-refractivity contribution in [1.82, 2.24) is 15.3 Å². The van der Waals surface area contributed by atoms with Crippen LogP contribution in [0.5, 0.6) is 0 Å². The van der Waals surface area contributed by atoms with Gasteiger partial charge in [-0.05, 0) is 6.92 Å². The molecule has 1 aliphatic heterocycles. The summed E-state index contributed by atoms with van der Waals surface area (Å²) in [6.07, 6.45) is 2.29. The molecule has 2 rings (SSSR count). The minimum atomic E-state index is -0.107. The molecule has 1 aromatic heterocycles. The van der Waals surface area contributed by atoms with Gasteiger partial charge in [0.25, 0.3) is 0 Å². The van der Waals surface area contributed by atoms with Crippen LogP contribution < -0.4 is 16.2 Å². The number of thiazole rings is 1. The van der Waals surface area contributed by atoms with Crippen LogP contribution in [-0.2, 0) is 4.79 Å². The lowest BCUT2D eigenvalue weighted by atomic mass is 10.1. The molecule has 6 nitrogen and oxygen atoms in total. The van der Waals surface area contributed by atoms with Gasteiger partial charge < -0.3 is 4.90 Å². The number of anilines is 1. The van der Waals surface area contributed by atoms with Crippen molar-refractivity contribution in [2.24, 2.45) is 5.84 Å². The molecule has 0 spiro atoms. The predicted octanol–water partition coefficient (Wildman–Crippen LogP) is 0.0336. The second-order valence-electron chi connectivity index (χ2n) is 4.46. The standard InChI is InChI=1S/C11H19N5OS/c1-9(8-10(17)14-12)15-3-5-16(6-4-15)11-13-2-7-18-11/h2,7,9H,3-6,8,12H2,1H3,(H,14,17). The van der Waals surface area contributed by atoms with Crippen molar-refractivity contribution in [3.8, 4) is 0 Å². The van der Waals surface area contributed by atoms with E-state index in [0.717, 1.165) is 31.3 Å². The molecule has 0 saturated carbocycles. The summed E-state index contributed by atoms with van der Waals surface area (Å²) in [7, 11) is 0. The zero-order chi connectivity index (χ0) is 13.0. The quantitative estimate of drug-likeness (QED) is 0.458. The van der Waals surface area contributed by atoms with E-state index in [-0.39, 0.29) is 11.9 Å². The third-order valence-electron chi connectivity index (χ3n) is 3.27. The number of piperazine rings is 1. The van der Waals surface area contributed by atoms with Crippen LogP contribution in [-0.4, -0.2) is 48.0 Å². The minimum absolute atomic E-state index is 0.107. The lowest BCUT2D eigenvalue weighted by Crippen LogP contribution is -2.50. The fourth-order valence-electron chi connectivity index (χ4n) is 2.18. The summed E-state index contributed by atoms with van der Waals surface area (Å²) in [5, 5.41) is 3.08. The predicted molar refractivity (Wildman–Crippen MR) is 72.3 cm³/mol. The molecule has 0 aromatic carbocycles. The lowest BCUT2D eigenvalue weighted by molar-refractivity contribution is -0.122. The summed E-state index contributed by atoms with van der Waals surface area (Å²) in [6.45, 7) is 5.90. The topological polar surface area (TPSA) is 74.5 Å². The van der Waals surface area contributed by atoms with Crippen LogP contribution >= 0.6 is 11.3 Å². The van der Waals surface area contributed by atoms with Gasteiger partial charge in [0.2, 0.25) is 5.91 Å². The summed E-state index contributed by atoms with van der Waals surface area (Å²) in [6, 6.07) is 0.229. The van der Waals surface area contributed by atoms with E-state index in [1.807, 2.05) is 11.6 Å². The number of rotatable bonds is 4. The number of hydrogen-bond acceptors (Lipinski definition) is 6. The molecule has 0 bridgehead atoms. The zero-order valence-corrected chi connectivity index (χ0v) is 11.3. The average molecular weight is 269 g/mol. The van der Waals surface area contributed by atoms with Crippen molar-refractivity contribution in [3.05, 3.63) is 11.6 Å². The average Bonchev–Trinajstić information content (AvgIpc) is 2.92. The molecule has 100 valence electrons. The van der Waals surface area contributed by atoms with E-state index in [4.69, 9.17) is 5.84 Å². The first-order valence-corrected chi connectivity index (χ1v) is 6.96. The minimum Gasteiger partial charge on any atom is -0.346 e. The molecule has 1 atom stereocenters. The summed E-state index contributed by atoms with van der Waals surface area (Å²) >= 11 is 1.67. The third kappa shape index (κ3) is 3.18. The molecule has 7 heteroatoms. The molecule has 2 heterocycles. The van der Waals surface area contributed by atoms with Gasteiger partial charge >= 0.3 is 0 Å².